The third-order valence-corrected chi connectivity index (χ3v) is 7.93. The fourth-order valence-corrected chi connectivity index (χ4v) is 4.49. The Labute approximate surface area is 155 Å². The minimum atomic E-state index is -1.17. The Kier molecular flexibility index (Phi) is 13.1. The first-order valence-corrected chi connectivity index (χ1v) is 14.0. The van der Waals surface area contributed by atoms with Crippen molar-refractivity contribution in [1.29, 1.82) is 0 Å². The SMILES string of the molecule is CCCCCC/C(I)=C/C(CCCCCC)=C(\C)[Si](C)(C)C. The van der Waals surface area contributed by atoms with Crippen LogP contribution < -0.4 is 0 Å². The van der Waals surface area contributed by atoms with Gasteiger partial charge in [0.25, 0.3) is 0 Å². The van der Waals surface area contributed by atoms with Crippen LogP contribution in [0.1, 0.15) is 85.0 Å². The monoisotopic (exact) mass is 434 g/mol. The average Bonchev–Trinajstić information content (AvgIpc) is 2.45. The Morgan fingerprint density at radius 3 is 1.77 bits per heavy atom. The molecule has 0 aliphatic heterocycles. The Morgan fingerprint density at radius 1 is 0.818 bits per heavy atom. The molecule has 0 aromatic rings. The highest BCUT2D eigenvalue weighted by molar-refractivity contribution is 14.1. The minimum absolute atomic E-state index is 1.17. The van der Waals surface area contributed by atoms with Crippen LogP contribution >= 0.6 is 22.6 Å². The summed E-state index contributed by atoms with van der Waals surface area (Å²) in [4.78, 5) is 0. The lowest BCUT2D eigenvalue weighted by Crippen LogP contribution is -2.23. The van der Waals surface area contributed by atoms with Crippen molar-refractivity contribution in [3.05, 3.63) is 20.4 Å². The number of hydrogen-bond donors (Lipinski definition) is 0. The predicted octanol–water partition coefficient (Wildman–Crippen LogP) is 8.44. The van der Waals surface area contributed by atoms with E-state index in [-0.39, 0.29) is 0 Å². The summed E-state index contributed by atoms with van der Waals surface area (Å²) in [5, 5.41) is 1.71. The first-order valence-electron chi connectivity index (χ1n) is 9.39. The van der Waals surface area contributed by atoms with Gasteiger partial charge in [-0.3, -0.25) is 0 Å². The molecule has 0 radical (unpaired) electrons. The van der Waals surface area contributed by atoms with Crippen molar-refractivity contribution in [3.63, 3.8) is 0 Å². The Morgan fingerprint density at radius 2 is 1.32 bits per heavy atom. The summed E-state index contributed by atoms with van der Waals surface area (Å²) in [6, 6.07) is 0. The van der Waals surface area contributed by atoms with E-state index >= 15 is 0 Å². The van der Waals surface area contributed by atoms with Gasteiger partial charge in [-0.1, -0.05) is 88.9 Å². The molecule has 0 nitrogen and oxygen atoms in total. The second-order valence-corrected chi connectivity index (χ2v) is 14.2. The fraction of sp³-hybridized carbons (Fsp3) is 0.800. The van der Waals surface area contributed by atoms with Gasteiger partial charge >= 0.3 is 0 Å². The second kappa shape index (κ2) is 12.8. The molecule has 0 aromatic heterocycles. The molecule has 0 aliphatic carbocycles. The van der Waals surface area contributed by atoms with Crippen LogP contribution in [0.15, 0.2) is 20.4 Å². The summed E-state index contributed by atoms with van der Waals surface area (Å²) in [7, 11) is -1.17. The Hall–Kier alpha value is 0.427. The molecule has 0 amide bonds. The van der Waals surface area contributed by atoms with E-state index in [4.69, 9.17) is 0 Å². The summed E-state index contributed by atoms with van der Waals surface area (Å²) in [5.74, 6) is 0. The van der Waals surface area contributed by atoms with Crippen LogP contribution in [-0.2, 0) is 0 Å². The quantitative estimate of drug-likeness (QED) is 0.125. The second-order valence-electron chi connectivity index (χ2n) is 7.61. The number of unbranched alkanes of at least 4 members (excludes halogenated alkanes) is 6. The summed E-state index contributed by atoms with van der Waals surface area (Å²) in [6.07, 6.45) is 16.0. The van der Waals surface area contributed by atoms with Gasteiger partial charge in [0.15, 0.2) is 0 Å². The van der Waals surface area contributed by atoms with Crippen molar-refractivity contribution in [2.75, 3.05) is 0 Å². The molecule has 0 heterocycles. The van der Waals surface area contributed by atoms with Gasteiger partial charge in [-0.25, -0.2) is 0 Å². The van der Waals surface area contributed by atoms with Crippen LogP contribution in [0, 0.1) is 0 Å². The largest absolute Gasteiger partial charge is 0.0809 e. The van der Waals surface area contributed by atoms with Gasteiger partial charge in [0.1, 0.15) is 0 Å². The molecule has 0 atom stereocenters. The van der Waals surface area contributed by atoms with E-state index < -0.39 is 8.07 Å². The van der Waals surface area contributed by atoms with E-state index in [1.54, 1.807) is 14.3 Å². The molecule has 0 spiro atoms. The molecular formula is C20H39ISi. The highest BCUT2D eigenvalue weighted by atomic mass is 127. The zero-order chi connectivity index (χ0) is 17.0. The first-order chi connectivity index (χ1) is 10.3. The topological polar surface area (TPSA) is 0 Å². The molecule has 0 rings (SSSR count). The summed E-state index contributed by atoms with van der Waals surface area (Å²) < 4.78 is 1.57. The lowest BCUT2D eigenvalue weighted by Gasteiger charge is -2.21. The molecular weight excluding hydrogens is 395 g/mol. The Balaban J connectivity index is 4.77. The molecule has 0 saturated heterocycles. The van der Waals surface area contributed by atoms with E-state index in [1.807, 2.05) is 0 Å². The van der Waals surface area contributed by atoms with Gasteiger partial charge in [0.05, 0.1) is 8.07 Å². The average molecular weight is 435 g/mol. The van der Waals surface area contributed by atoms with Crippen molar-refractivity contribution in [2.24, 2.45) is 0 Å². The van der Waals surface area contributed by atoms with Crippen LogP contribution in [-0.4, -0.2) is 8.07 Å². The standard InChI is InChI=1S/C20H39ISi/c1-7-9-11-13-15-19(18(3)22(4,5)6)17-20(21)16-14-12-10-8-2/h17H,7-16H2,1-6H3/b19-18+,20-17-. The van der Waals surface area contributed by atoms with Crippen molar-refractivity contribution >= 4 is 30.7 Å². The van der Waals surface area contributed by atoms with Crippen molar-refractivity contribution in [1.82, 2.24) is 0 Å². The molecule has 130 valence electrons. The van der Waals surface area contributed by atoms with Crippen molar-refractivity contribution < 1.29 is 0 Å². The third-order valence-electron chi connectivity index (χ3n) is 4.51. The van der Waals surface area contributed by atoms with Crippen LogP contribution in [0.5, 0.6) is 0 Å². The van der Waals surface area contributed by atoms with E-state index in [0.717, 1.165) is 0 Å². The van der Waals surface area contributed by atoms with Crippen molar-refractivity contribution in [2.45, 2.75) is 105 Å². The summed E-state index contributed by atoms with van der Waals surface area (Å²) >= 11 is 2.58. The summed E-state index contributed by atoms with van der Waals surface area (Å²) in [5.41, 5.74) is 1.66. The van der Waals surface area contributed by atoms with Gasteiger partial charge < -0.3 is 0 Å². The van der Waals surface area contributed by atoms with E-state index in [9.17, 15) is 0 Å². The molecule has 2 heteroatoms. The van der Waals surface area contributed by atoms with Gasteiger partial charge in [-0.05, 0) is 58.8 Å². The zero-order valence-corrected chi connectivity index (χ0v) is 19.2. The van der Waals surface area contributed by atoms with E-state index in [0.29, 0.717) is 0 Å². The Bertz CT molecular complexity index is 347. The highest BCUT2D eigenvalue weighted by Gasteiger charge is 2.18. The van der Waals surface area contributed by atoms with E-state index in [2.05, 4.69) is 69.1 Å². The maximum Gasteiger partial charge on any atom is 0.0724 e. The van der Waals surface area contributed by atoms with Gasteiger partial charge in [0, 0.05) is 0 Å². The van der Waals surface area contributed by atoms with Crippen molar-refractivity contribution in [3.8, 4) is 0 Å². The number of halogens is 1. The molecule has 0 bridgehead atoms. The maximum absolute atomic E-state index is 2.58. The smallest absolute Gasteiger partial charge is 0.0724 e. The molecule has 0 saturated carbocycles. The predicted molar refractivity (Wildman–Crippen MR) is 116 cm³/mol. The normalized spacial score (nSPS) is 14.2. The lowest BCUT2D eigenvalue weighted by molar-refractivity contribution is 0.665. The van der Waals surface area contributed by atoms with Gasteiger partial charge in [0.2, 0.25) is 0 Å². The molecule has 22 heavy (non-hydrogen) atoms. The lowest BCUT2D eigenvalue weighted by atomic mass is 10.0. The third kappa shape index (κ3) is 11.0. The van der Waals surface area contributed by atoms with Gasteiger partial charge in [-0.2, -0.15) is 0 Å². The molecule has 0 fully saturated rings. The molecule has 0 N–H and O–H groups in total. The number of hydrogen-bond acceptors (Lipinski definition) is 0. The minimum Gasteiger partial charge on any atom is -0.0809 e. The number of rotatable bonds is 12. The fourth-order valence-electron chi connectivity index (χ4n) is 2.57. The van der Waals surface area contributed by atoms with Crippen LogP contribution in [0.2, 0.25) is 19.6 Å². The zero-order valence-electron chi connectivity index (χ0n) is 16.0. The first kappa shape index (κ1) is 22.4. The molecule has 0 aliphatic rings. The molecule has 0 aromatic carbocycles. The molecule has 0 unspecified atom stereocenters. The highest BCUT2D eigenvalue weighted by Crippen LogP contribution is 2.27. The van der Waals surface area contributed by atoms with E-state index in [1.165, 1.54) is 64.2 Å². The maximum atomic E-state index is 2.58. The summed E-state index contributed by atoms with van der Waals surface area (Å²) in [6.45, 7) is 14.4. The van der Waals surface area contributed by atoms with Crippen LogP contribution in [0.25, 0.3) is 0 Å². The van der Waals surface area contributed by atoms with Crippen LogP contribution in [0.3, 0.4) is 0 Å². The van der Waals surface area contributed by atoms with Gasteiger partial charge in [-0.15, -0.1) is 0 Å². The number of allylic oxidation sites excluding steroid dienone is 4. The van der Waals surface area contributed by atoms with Crippen LogP contribution in [0.4, 0.5) is 0 Å².